The predicted molar refractivity (Wildman–Crippen MR) is 88.8 cm³/mol. The van der Waals surface area contributed by atoms with Crippen molar-refractivity contribution in [3.63, 3.8) is 0 Å². The summed E-state index contributed by atoms with van der Waals surface area (Å²) in [6.07, 6.45) is 0. The third-order valence-corrected chi connectivity index (χ3v) is 4.22. The molecule has 0 aliphatic rings. The van der Waals surface area contributed by atoms with Crippen LogP contribution < -0.4 is 5.32 Å². The van der Waals surface area contributed by atoms with E-state index in [1.165, 1.54) is 31.0 Å². The minimum atomic E-state index is -0.994. The van der Waals surface area contributed by atoms with Crippen LogP contribution in [-0.4, -0.2) is 45.8 Å². The fourth-order valence-electron chi connectivity index (χ4n) is 1.80. The number of nitrogens with one attached hydrogen (secondary N) is 1. The van der Waals surface area contributed by atoms with E-state index in [1.807, 2.05) is 0 Å². The summed E-state index contributed by atoms with van der Waals surface area (Å²) >= 11 is 6.70. The summed E-state index contributed by atoms with van der Waals surface area (Å²) in [7, 11) is 1.47. The summed E-state index contributed by atoms with van der Waals surface area (Å²) in [5, 5.41) is 19.7. The molecule has 1 aromatic carbocycles. The number of anilines is 1. The molecule has 24 heavy (non-hydrogen) atoms. The summed E-state index contributed by atoms with van der Waals surface area (Å²) in [6.45, 7) is 1.54. The Morgan fingerprint density at radius 2 is 2.17 bits per heavy atom. The standard InChI is InChI=1S/C14H14ClFN4O3S/c1-7(12(21)22)6-20(2)14(23)17-13-19-18-11(24-13)9-4-3-8(15)5-10(9)16/h3-5,7H,6H2,1-2H3,(H,21,22)(H,17,19,23). The minimum absolute atomic E-state index is 0.0403. The van der Waals surface area contributed by atoms with Gasteiger partial charge in [0.2, 0.25) is 5.13 Å². The molecular weight excluding hydrogens is 359 g/mol. The predicted octanol–water partition coefficient (Wildman–Crippen LogP) is 3.18. The fourth-order valence-corrected chi connectivity index (χ4v) is 2.72. The van der Waals surface area contributed by atoms with E-state index in [1.54, 1.807) is 0 Å². The lowest BCUT2D eigenvalue weighted by Crippen LogP contribution is -2.36. The smallest absolute Gasteiger partial charge is 0.323 e. The van der Waals surface area contributed by atoms with E-state index in [0.717, 1.165) is 17.4 Å². The lowest BCUT2D eigenvalue weighted by atomic mass is 10.2. The van der Waals surface area contributed by atoms with Crippen molar-refractivity contribution in [3.05, 3.63) is 29.0 Å². The maximum atomic E-state index is 13.9. The first kappa shape index (κ1) is 18.1. The van der Waals surface area contributed by atoms with Crippen molar-refractivity contribution in [1.82, 2.24) is 15.1 Å². The number of halogens is 2. The summed E-state index contributed by atoms with van der Waals surface area (Å²) in [4.78, 5) is 24.0. The first-order valence-electron chi connectivity index (χ1n) is 6.81. The van der Waals surface area contributed by atoms with Crippen molar-refractivity contribution >= 4 is 40.1 Å². The first-order valence-corrected chi connectivity index (χ1v) is 8.01. The maximum absolute atomic E-state index is 13.9. The monoisotopic (exact) mass is 372 g/mol. The lowest BCUT2D eigenvalue weighted by Gasteiger charge is -2.18. The topological polar surface area (TPSA) is 95.4 Å². The minimum Gasteiger partial charge on any atom is -0.481 e. The average Bonchev–Trinajstić information content (AvgIpc) is 2.95. The van der Waals surface area contributed by atoms with E-state index in [2.05, 4.69) is 15.5 Å². The summed E-state index contributed by atoms with van der Waals surface area (Å²) in [5.74, 6) is -2.23. The number of amides is 2. The number of aliphatic carboxylic acids is 1. The Hall–Kier alpha value is -2.26. The molecule has 2 rings (SSSR count). The second kappa shape index (κ2) is 7.54. The van der Waals surface area contributed by atoms with Crippen LogP contribution in [0.2, 0.25) is 5.02 Å². The molecule has 1 atom stereocenters. The number of aromatic nitrogens is 2. The third kappa shape index (κ3) is 4.39. The summed E-state index contributed by atoms with van der Waals surface area (Å²) in [6, 6.07) is 3.64. The van der Waals surface area contributed by atoms with Crippen LogP contribution in [0.1, 0.15) is 6.92 Å². The Balaban J connectivity index is 2.05. The Morgan fingerprint density at radius 3 is 2.79 bits per heavy atom. The summed E-state index contributed by atoms with van der Waals surface area (Å²) < 4.78 is 13.9. The number of carbonyl (C=O) groups excluding carboxylic acids is 1. The van der Waals surface area contributed by atoms with E-state index < -0.39 is 23.7 Å². The van der Waals surface area contributed by atoms with Gasteiger partial charge in [0.05, 0.1) is 5.92 Å². The SMILES string of the molecule is CC(CN(C)C(=O)Nc1nnc(-c2ccc(Cl)cc2F)s1)C(=O)O. The van der Waals surface area contributed by atoms with Crippen molar-refractivity contribution in [2.24, 2.45) is 5.92 Å². The van der Waals surface area contributed by atoms with Crippen LogP contribution >= 0.6 is 22.9 Å². The number of carboxylic acid groups (broad SMARTS) is 1. The zero-order chi connectivity index (χ0) is 17.9. The highest BCUT2D eigenvalue weighted by Gasteiger charge is 2.19. The van der Waals surface area contributed by atoms with E-state index in [9.17, 15) is 14.0 Å². The molecule has 2 amide bonds. The molecular formula is C14H14ClFN4O3S. The molecule has 2 aromatic rings. The molecule has 1 aromatic heterocycles. The Bertz CT molecular complexity index is 770. The van der Waals surface area contributed by atoms with Gasteiger partial charge in [-0.25, -0.2) is 9.18 Å². The number of carbonyl (C=O) groups is 2. The average molecular weight is 373 g/mol. The highest BCUT2D eigenvalue weighted by molar-refractivity contribution is 7.18. The summed E-state index contributed by atoms with van der Waals surface area (Å²) in [5.41, 5.74) is 0.227. The number of urea groups is 1. The highest BCUT2D eigenvalue weighted by atomic mass is 35.5. The quantitative estimate of drug-likeness (QED) is 0.840. The van der Waals surface area contributed by atoms with Crippen LogP contribution in [0.4, 0.5) is 14.3 Å². The zero-order valence-electron chi connectivity index (χ0n) is 12.8. The molecule has 0 saturated carbocycles. The molecule has 0 aliphatic carbocycles. The molecule has 0 aliphatic heterocycles. The van der Waals surface area contributed by atoms with Crippen LogP contribution in [0, 0.1) is 11.7 Å². The molecule has 10 heteroatoms. The van der Waals surface area contributed by atoms with Gasteiger partial charge in [-0.1, -0.05) is 29.9 Å². The van der Waals surface area contributed by atoms with E-state index >= 15 is 0 Å². The number of hydrogen-bond acceptors (Lipinski definition) is 5. The van der Waals surface area contributed by atoms with Gasteiger partial charge in [0.1, 0.15) is 5.82 Å². The molecule has 0 bridgehead atoms. The van der Waals surface area contributed by atoms with Crippen molar-refractivity contribution in [2.75, 3.05) is 18.9 Å². The number of benzene rings is 1. The second-order valence-electron chi connectivity index (χ2n) is 5.09. The Morgan fingerprint density at radius 1 is 1.46 bits per heavy atom. The normalized spacial score (nSPS) is 11.8. The second-order valence-corrected chi connectivity index (χ2v) is 6.50. The van der Waals surface area contributed by atoms with Gasteiger partial charge in [0.25, 0.3) is 0 Å². The van der Waals surface area contributed by atoms with Gasteiger partial charge in [0.15, 0.2) is 5.01 Å². The van der Waals surface area contributed by atoms with Crippen LogP contribution in [0.5, 0.6) is 0 Å². The number of rotatable bonds is 5. The van der Waals surface area contributed by atoms with Crippen LogP contribution in [0.15, 0.2) is 18.2 Å². The molecule has 1 unspecified atom stereocenters. The largest absolute Gasteiger partial charge is 0.481 e. The lowest BCUT2D eigenvalue weighted by molar-refractivity contribution is -0.141. The molecule has 128 valence electrons. The van der Waals surface area contributed by atoms with E-state index in [0.29, 0.717) is 5.01 Å². The van der Waals surface area contributed by atoms with Crippen LogP contribution in [0.3, 0.4) is 0 Å². The Labute approximate surface area is 146 Å². The molecule has 0 spiro atoms. The molecule has 0 saturated heterocycles. The van der Waals surface area contributed by atoms with Crippen molar-refractivity contribution in [1.29, 1.82) is 0 Å². The highest BCUT2D eigenvalue weighted by Crippen LogP contribution is 2.29. The maximum Gasteiger partial charge on any atom is 0.323 e. The number of hydrogen-bond donors (Lipinski definition) is 2. The number of carboxylic acids is 1. The van der Waals surface area contributed by atoms with Gasteiger partial charge in [-0.05, 0) is 18.2 Å². The molecule has 0 radical (unpaired) electrons. The molecule has 7 nitrogen and oxygen atoms in total. The fraction of sp³-hybridized carbons (Fsp3) is 0.286. The van der Waals surface area contributed by atoms with Gasteiger partial charge in [0, 0.05) is 24.2 Å². The van der Waals surface area contributed by atoms with Crippen LogP contribution in [-0.2, 0) is 4.79 Å². The van der Waals surface area contributed by atoms with Crippen molar-refractivity contribution in [2.45, 2.75) is 6.92 Å². The third-order valence-electron chi connectivity index (χ3n) is 3.12. The molecule has 2 N–H and O–H groups in total. The van der Waals surface area contributed by atoms with Gasteiger partial charge >= 0.3 is 12.0 Å². The van der Waals surface area contributed by atoms with Gasteiger partial charge in [-0.15, -0.1) is 10.2 Å². The van der Waals surface area contributed by atoms with Crippen LogP contribution in [0.25, 0.3) is 10.6 Å². The van der Waals surface area contributed by atoms with Gasteiger partial charge < -0.3 is 10.0 Å². The van der Waals surface area contributed by atoms with Gasteiger partial charge in [-0.2, -0.15) is 0 Å². The Kier molecular flexibility index (Phi) is 5.68. The van der Waals surface area contributed by atoms with Crippen molar-refractivity contribution in [3.8, 4) is 10.6 Å². The van der Waals surface area contributed by atoms with Gasteiger partial charge in [-0.3, -0.25) is 10.1 Å². The zero-order valence-corrected chi connectivity index (χ0v) is 14.4. The first-order chi connectivity index (χ1) is 11.3. The van der Waals surface area contributed by atoms with Crippen molar-refractivity contribution < 1.29 is 19.1 Å². The molecule has 1 heterocycles. The molecule has 0 fully saturated rings. The number of nitrogens with zero attached hydrogens (tertiary/aromatic N) is 3. The van der Waals surface area contributed by atoms with E-state index in [4.69, 9.17) is 16.7 Å². The van der Waals surface area contributed by atoms with E-state index in [-0.39, 0.29) is 22.3 Å².